The van der Waals surface area contributed by atoms with Crippen molar-refractivity contribution in [2.45, 2.75) is 45.9 Å². The van der Waals surface area contributed by atoms with E-state index >= 15 is 0 Å². The maximum absolute atomic E-state index is 13.7. The molecule has 0 aliphatic carbocycles. The number of nitrogens with one attached hydrogen (secondary N) is 1. The van der Waals surface area contributed by atoms with Gasteiger partial charge in [-0.25, -0.2) is 4.39 Å². The molecule has 0 saturated heterocycles. The lowest BCUT2D eigenvalue weighted by Gasteiger charge is -2.18. The van der Waals surface area contributed by atoms with Crippen LogP contribution >= 0.6 is 0 Å². The van der Waals surface area contributed by atoms with E-state index < -0.39 is 11.9 Å². The van der Waals surface area contributed by atoms with Gasteiger partial charge < -0.3 is 19.5 Å². The highest BCUT2D eigenvalue weighted by atomic mass is 19.1. The molecule has 0 aliphatic rings. The summed E-state index contributed by atoms with van der Waals surface area (Å²) < 4.78 is 30.3. The Morgan fingerprint density at radius 3 is 2.44 bits per heavy atom. The van der Waals surface area contributed by atoms with Crippen LogP contribution in [0.15, 0.2) is 42.5 Å². The molecule has 1 N–H and O–H groups in total. The minimum absolute atomic E-state index is 0.0327. The number of para-hydroxylation sites is 1. The number of rotatable bonds is 9. The summed E-state index contributed by atoms with van der Waals surface area (Å²) in [6, 6.07) is 11.5. The highest BCUT2D eigenvalue weighted by Gasteiger charge is 2.19. The Labute approximate surface area is 159 Å². The van der Waals surface area contributed by atoms with Gasteiger partial charge in [-0.2, -0.15) is 0 Å². The first kappa shape index (κ1) is 20.6. The Morgan fingerprint density at radius 2 is 1.81 bits per heavy atom. The molecule has 0 aliphatic heterocycles. The summed E-state index contributed by atoms with van der Waals surface area (Å²) in [5.41, 5.74) is 0.858. The zero-order valence-electron chi connectivity index (χ0n) is 16.1. The minimum Gasteiger partial charge on any atom is -0.493 e. The molecule has 27 heavy (non-hydrogen) atoms. The van der Waals surface area contributed by atoms with Crippen molar-refractivity contribution < 1.29 is 23.4 Å². The van der Waals surface area contributed by atoms with E-state index in [0.717, 1.165) is 5.56 Å². The van der Waals surface area contributed by atoms with Crippen LogP contribution in [0.1, 0.15) is 32.8 Å². The summed E-state index contributed by atoms with van der Waals surface area (Å²) in [4.78, 5) is 12.4. The van der Waals surface area contributed by atoms with Gasteiger partial charge in [-0.15, -0.1) is 0 Å². The molecule has 0 aromatic heterocycles. The fourth-order valence-electron chi connectivity index (χ4n) is 2.49. The van der Waals surface area contributed by atoms with E-state index in [1.54, 1.807) is 19.2 Å². The average molecular weight is 375 g/mol. The van der Waals surface area contributed by atoms with Crippen molar-refractivity contribution in [3.05, 3.63) is 53.8 Å². The van der Waals surface area contributed by atoms with Gasteiger partial charge in [-0.1, -0.05) is 25.1 Å². The minimum atomic E-state index is -0.771. The van der Waals surface area contributed by atoms with Crippen molar-refractivity contribution in [2.75, 3.05) is 7.11 Å². The lowest BCUT2D eigenvalue weighted by Crippen LogP contribution is -2.37. The number of benzene rings is 2. The van der Waals surface area contributed by atoms with Crippen molar-refractivity contribution in [1.82, 2.24) is 5.32 Å². The van der Waals surface area contributed by atoms with E-state index in [0.29, 0.717) is 24.5 Å². The summed E-state index contributed by atoms with van der Waals surface area (Å²) in [6.07, 6.45) is -0.317. The summed E-state index contributed by atoms with van der Waals surface area (Å²) in [5.74, 6) is 0.523. The van der Waals surface area contributed by atoms with E-state index in [4.69, 9.17) is 14.2 Å². The molecule has 5 nitrogen and oxygen atoms in total. The van der Waals surface area contributed by atoms with Gasteiger partial charge in [0.2, 0.25) is 0 Å². The van der Waals surface area contributed by atoms with Gasteiger partial charge in [0.15, 0.2) is 29.2 Å². The molecule has 1 amide bonds. The van der Waals surface area contributed by atoms with Crippen LogP contribution in [0.4, 0.5) is 4.39 Å². The highest BCUT2D eigenvalue weighted by Crippen LogP contribution is 2.29. The van der Waals surface area contributed by atoms with Crippen LogP contribution in [0.5, 0.6) is 17.2 Å². The Hall–Kier alpha value is -2.76. The van der Waals surface area contributed by atoms with Crippen LogP contribution in [0.2, 0.25) is 0 Å². The van der Waals surface area contributed by atoms with E-state index in [1.807, 2.05) is 39.0 Å². The summed E-state index contributed by atoms with van der Waals surface area (Å²) in [7, 11) is 1.57. The third-order valence-corrected chi connectivity index (χ3v) is 3.83. The lowest BCUT2D eigenvalue weighted by molar-refractivity contribution is -0.128. The second kappa shape index (κ2) is 9.80. The second-order valence-electron chi connectivity index (χ2n) is 6.31. The van der Waals surface area contributed by atoms with Gasteiger partial charge in [0.05, 0.1) is 13.2 Å². The number of carbonyl (C=O) groups is 1. The van der Waals surface area contributed by atoms with Gasteiger partial charge in [-0.3, -0.25) is 4.79 Å². The Bertz CT molecular complexity index is 764. The van der Waals surface area contributed by atoms with Gasteiger partial charge in [0, 0.05) is 6.54 Å². The van der Waals surface area contributed by atoms with Crippen LogP contribution in [0.25, 0.3) is 0 Å². The molecule has 2 aromatic carbocycles. The molecule has 2 rings (SSSR count). The summed E-state index contributed by atoms with van der Waals surface area (Å²) >= 11 is 0. The van der Waals surface area contributed by atoms with Crippen molar-refractivity contribution in [3.8, 4) is 17.2 Å². The van der Waals surface area contributed by atoms with Crippen molar-refractivity contribution in [1.29, 1.82) is 0 Å². The quantitative estimate of drug-likeness (QED) is 0.717. The van der Waals surface area contributed by atoms with Gasteiger partial charge >= 0.3 is 0 Å². The van der Waals surface area contributed by atoms with Gasteiger partial charge in [-0.05, 0) is 50.1 Å². The number of ether oxygens (including phenoxy) is 3. The second-order valence-corrected chi connectivity index (χ2v) is 6.31. The fraction of sp³-hybridized carbons (Fsp3) is 0.381. The molecular formula is C21H26FNO4. The maximum atomic E-state index is 13.7. The number of hydrogen-bond donors (Lipinski definition) is 1. The van der Waals surface area contributed by atoms with Crippen LogP contribution in [-0.4, -0.2) is 25.2 Å². The third kappa shape index (κ3) is 5.88. The molecule has 146 valence electrons. The zero-order valence-corrected chi connectivity index (χ0v) is 16.1. The van der Waals surface area contributed by atoms with Crippen LogP contribution in [-0.2, 0) is 11.3 Å². The Morgan fingerprint density at radius 1 is 1.07 bits per heavy atom. The van der Waals surface area contributed by atoms with Crippen LogP contribution < -0.4 is 19.5 Å². The molecule has 1 atom stereocenters. The molecule has 0 bridgehead atoms. The molecule has 0 spiro atoms. The van der Waals surface area contributed by atoms with Crippen molar-refractivity contribution in [3.63, 3.8) is 0 Å². The Kier molecular flexibility index (Phi) is 7.46. The first-order valence-electron chi connectivity index (χ1n) is 8.97. The topological polar surface area (TPSA) is 56.8 Å². The van der Waals surface area contributed by atoms with E-state index in [1.165, 1.54) is 12.1 Å². The first-order chi connectivity index (χ1) is 12.9. The number of methoxy groups -OCH3 is 1. The predicted molar refractivity (Wildman–Crippen MR) is 102 cm³/mol. The molecule has 2 aromatic rings. The third-order valence-electron chi connectivity index (χ3n) is 3.83. The van der Waals surface area contributed by atoms with Crippen LogP contribution in [0, 0.1) is 5.82 Å². The monoisotopic (exact) mass is 375 g/mol. The molecule has 1 unspecified atom stereocenters. The number of hydrogen-bond acceptors (Lipinski definition) is 4. The summed E-state index contributed by atoms with van der Waals surface area (Å²) in [6.45, 7) is 5.99. The van der Waals surface area contributed by atoms with Gasteiger partial charge in [0.25, 0.3) is 5.91 Å². The zero-order chi connectivity index (χ0) is 19.8. The van der Waals surface area contributed by atoms with E-state index in [9.17, 15) is 9.18 Å². The predicted octanol–water partition coefficient (Wildman–Crippen LogP) is 4.10. The first-order valence-corrected chi connectivity index (χ1v) is 8.97. The smallest absolute Gasteiger partial charge is 0.261 e. The molecular weight excluding hydrogens is 349 g/mol. The lowest BCUT2D eigenvalue weighted by atomic mass is 10.2. The molecule has 0 heterocycles. The van der Waals surface area contributed by atoms with Crippen molar-refractivity contribution in [2.24, 2.45) is 0 Å². The van der Waals surface area contributed by atoms with Crippen LogP contribution in [0.3, 0.4) is 0 Å². The maximum Gasteiger partial charge on any atom is 0.261 e. The fourth-order valence-corrected chi connectivity index (χ4v) is 2.49. The number of halogens is 1. The van der Waals surface area contributed by atoms with E-state index in [2.05, 4.69) is 5.32 Å². The molecule has 0 radical (unpaired) electrons. The number of carbonyl (C=O) groups excluding carboxylic acids is 1. The molecule has 6 heteroatoms. The summed E-state index contributed by atoms with van der Waals surface area (Å²) in [5, 5.41) is 2.82. The normalized spacial score (nSPS) is 11.8. The standard InChI is InChI=1S/C21H26FNO4/c1-5-17(27-18-9-7-6-8-16(18)22)21(24)23-13-15-10-11-19(26-14(2)3)20(12-15)25-4/h6-12,14,17H,5,13H2,1-4H3,(H,23,24). The average Bonchev–Trinajstić information content (AvgIpc) is 2.65. The SMILES string of the molecule is CCC(Oc1ccccc1F)C(=O)NCc1ccc(OC(C)C)c(OC)c1. The molecule has 0 saturated carbocycles. The Balaban J connectivity index is 2.00. The molecule has 0 fully saturated rings. The number of amides is 1. The largest absolute Gasteiger partial charge is 0.493 e. The van der Waals surface area contributed by atoms with Crippen molar-refractivity contribution >= 4 is 5.91 Å². The van der Waals surface area contributed by atoms with E-state index in [-0.39, 0.29) is 17.8 Å². The van der Waals surface area contributed by atoms with Gasteiger partial charge in [0.1, 0.15) is 0 Å². The highest BCUT2D eigenvalue weighted by molar-refractivity contribution is 5.81.